The summed E-state index contributed by atoms with van der Waals surface area (Å²) in [7, 11) is 0. The summed E-state index contributed by atoms with van der Waals surface area (Å²) in [5, 5.41) is 5.72. The van der Waals surface area contributed by atoms with Gasteiger partial charge in [-0.2, -0.15) is 0 Å². The number of hydrogen-bond acceptors (Lipinski definition) is 4. The molecule has 1 aromatic carbocycles. The van der Waals surface area contributed by atoms with E-state index in [0.717, 1.165) is 18.7 Å². The molecule has 1 heterocycles. The van der Waals surface area contributed by atoms with Crippen molar-refractivity contribution in [3.8, 4) is 0 Å². The quantitative estimate of drug-likeness (QED) is 0.579. The van der Waals surface area contributed by atoms with Gasteiger partial charge in [0.05, 0.1) is 6.61 Å². The van der Waals surface area contributed by atoms with E-state index in [0.29, 0.717) is 24.9 Å². The molecule has 1 aliphatic rings. The molecule has 1 aliphatic heterocycles. The lowest BCUT2D eigenvalue weighted by molar-refractivity contribution is -0.137. The summed E-state index contributed by atoms with van der Waals surface area (Å²) < 4.78 is 4.83. The number of anilines is 1. The number of rotatable bonds is 7. The number of benzene rings is 1. The predicted octanol–water partition coefficient (Wildman–Crippen LogP) is 3.26. The minimum Gasteiger partial charge on any atom is -0.463 e. The third-order valence-electron chi connectivity index (χ3n) is 4.49. The van der Waals surface area contributed by atoms with Gasteiger partial charge in [-0.25, -0.2) is 9.59 Å². The smallest absolute Gasteiger partial charge is 0.330 e. The first-order valence-electron chi connectivity index (χ1n) is 9.32. The van der Waals surface area contributed by atoms with Crippen molar-refractivity contribution in [2.24, 2.45) is 0 Å². The second-order valence-electron chi connectivity index (χ2n) is 6.47. The second kappa shape index (κ2) is 10.6. The summed E-state index contributed by atoms with van der Waals surface area (Å²) in [6, 6.07) is 7.67. The molecule has 1 fully saturated rings. The van der Waals surface area contributed by atoms with Crippen molar-refractivity contribution in [2.75, 3.05) is 31.6 Å². The molecule has 26 heavy (non-hydrogen) atoms. The lowest BCUT2D eigenvalue weighted by atomic mass is 10.0. The van der Waals surface area contributed by atoms with Gasteiger partial charge >= 0.3 is 12.0 Å². The molecular weight excluding hydrogens is 330 g/mol. The van der Waals surface area contributed by atoms with Gasteiger partial charge in [-0.3, -0.25) is 4.90 Å². The Balaban J connectivity index is 1.72. The summed E-state index contributed by atoms with van der Waals surface area (Å²) in [6.07, 6.45) is 6.86. The fourth-order valence-corrected chi connectivity index (χ4v) is 3.01. The van der Waals surface area contributed by atoms with Gasteiger partial charge < -0.3 is 15.4 Å². The van der Waals surface area contributed by atoms with Crippen molar-refractivity contribution >= 4 is 23.8 Å². The maximum Gasteiger partial charge on any atom is 0.330 e. The molecule has 2 rings (SSSR count). The number of piperidine rings is 1. The van der Waals surface area contributed by atoms with Gasteiger partial charge in [0.25, 0.3) is 0 Å². The molecule has 0 aromatic heterocycles. The Kier molecular flexibility index (Phi) is 8.15. The van der Waals surface area contributed by atoms with Crippen LogP contribution < -0.4 is 10.6 Å². The Hall–Kier alpha value is -2.34. The predicted molar refractivity (Wildman–Crippen MR) is 104 cm³/mol. The third-order valence-corrected chi connectivity index (χ3v) is 4.49. The summed E-state index contributed by atoms with van der Waals surface area (Å²) in [4.78, 5) is 25.7. The highest BCUT2D eigenvalue weighted by molar-refractivity contribution is 5.90. The topological polar surface area (TPSA) is 70.7 Å². The maximum absolute atomic E-state index is 12.0. The number of ether oxygens (including phenoxy) is 1. The first-order chi connectivity index (χ1) is 12.6. The van der Waals surface area contributed by atoms with Crippen molar-refractivity contribution in [3.05, 3.63) is 35.9 Å². The van der Waals surface area contributed by atoms with Crippen LogP contribution in [0.1, 0.15) is 38.7 Å². The molecule has 6 heteroatoms. The zero-order valence-corrected chi connectivity index (χ0v) is 15.7. The molecule has 0 spiro atoms. The highest BCUT2D eigenvalue weighted by Gasteiger charge is 2.17. The molecular formula is C20H29N3O3. The van der Waals surface area contributed by atoms with E-state index < -0.39 is 0 Å². The highest BCUT2D eigenvalue weighted by Crippen LogP contribution is 2.15. The number of hydrogen-bond donors (Lipinski definition) is 2. The molecule has 0 radical (unpaired) electrons. The first-order valence-corrected chi connectivity index (χ1v) is 9.32. The number of nitrogens with one attached hydrogen (secondary N) is 2. The second-order valence-corrected chi connectivity index (χ2v) is 6.47. The molecule has 1 saturated heterocycles. The largest absolute Gasteiger partial charge is 0.463 e. The van der Waals surface area contributed by atoms with Crippen molar-refractivity contribution in [1.82, 2.24) is 10.2 Å². The molecule has 6 nitrogen and oxygen atoms in total. The number of likely N-dealkylation sites (tertiary alicyclic amines) is 1. The number of urea groups is 1. The van der Waals surface area contributed by atoms with E-state index >= 15 is 0 Å². The lowest BCUT2D eigenvalue weighted by Gasteiger charge is -2.33. The van der Waals surface area contributed by atoms with Gasteiger partial charge in [-0.1, -0.05) is 18.6 Å². The van der Waals surface area contributed by atoms with E-state index in [-0.39, 0.29) is 12.0 Å². The number of amides is 2. The average molecular weight is 359 g/mol. The summed E-state index contributed by atoms with van der Waals surface area (Å²) >= 11 is 0. The van der Waals surface area contributed by atoms with Crippen LogP contribution in [0, 0.1) is 0 Å². The minimum atomic E-state index is -0.364. The molecule has 142 valence electrons. The zero-order chi connectivity index (χ0) is 18.8. The average Bonchev–Trinajstić information content (AvgIpc) is 2.63. The zero-order valence-electron chi connectivity index (χ0n) is 15.7. The fraction of sp³-hybridized carbons (Fsp3) is 0.500. The van der Waals surface area contributed by atoms with Crippen molar-refractivity contribution in [1.29, 1.82) is 0 Å². The summed E-state index contributed by atoms with van der Waals surface area (Å²) in [5.41, 5.74) is 1.57. The Morgan fingerprint density at radius 2 is 2.04 bits per heavy atom. The molecule has 0 saturated carbocycles. The summed E-state index contributed by atoms with van der Waals surface area (Å²) in [6.45, 7) is 7.01. The van der Waals surface area contributed by atoms with E-state index in [1.54, 1.807) is 25.1 Å². The van der Waals surface area contributed by atoms with Crippen LogP contribution in [0.15, 0.2) is 30.3 Å². The van der Waals surface area contributed by atoms with E-state index in [9.17, 15) is 9.59 Å². The van der Waals surface area contributed by atoms with Crippen LogP contribution in [-0.2, 0) is 9.53 Å². The lowest BCUT2D eigenvalue weighted by Crippen LogP contribution is -2.43. The molecule has 0 unspecified atom stereocenters. The SMILES string of the molecule is CCOC(=O)/C=C\c1ccc(NC(=O)NCCN2CCCC[C@H]2C)cc1. The van der Waals surface area contributed by atoms with Crippen LogP contribution in [0.4, 0.5) is 10.5 Å². The van der Waals surface area contributed by atoms with E-state index in [1.807, 2.05) is 12.1 Å². The van der Waals surface area contributed by atoms with Gasteiger partial charge in [-0.15, -0.1) is 0 Å². The summed E-state index contributed by atoms with van der Waals surface area (Å²) in [5.74, 6) is -0.364. The normalized spacial score (nSPS) is 17.8. The van der Waals surface area contributed by atoms with Crippen LogP contribution in [0.3, 0.4) is 0 Å². The van der Waals surface area contributed by atoms with Crippen molar-refractivity contribution in [2.45, 2.75) is 39.2 Å². The van der Waals surface area contributed by atoms with Crippen LogP contribution in [0.25, 0.3) is 6.08 Å². The van der Waals surface area contributed by atoms with Crippen LogP contribution in [-0.4, -0.2) is 49.2 Å². The monoisotopic (exact) mass is 359 g/mol. The van der Waals surface area contributed by atoms with Gasteiger partial charge in [0, 0.05) is 30.9 Å². The van der Waals surface area contributed by atoms with Gasteiger partial charge in [-0.05, 0) is 57.0 Å². The third kappa shape index (κ3) is 6.88. The van der Waals surface area contributed by atoms with Gasteiger partial charge in [0.15, 0.2) is 0 Å². The Morgan fingerprint density at radius 1 is 1.27 bits per heavy atom. The van der Waals surface area contributed by atoms with E-state index in [1.165, 1.54) is 25.3 Å². The Morgan fingerprint density at radius 3 is 2.73 bits per heavy atom. The molecule has 0 bridgehead atoms. The number of carbonyl (C=O) groups excluding carboxylic acids is 2. The molecule has 1 aromatic rings. The van der Waals surface area contributed by atoms with Crippen LogP contribution >= 0.6 is 0 Å². The molecule has 0 aliphatic carbocycles. The molecule has 2 N–H and O–H groups in total. The van der Waals surface area contributed by atoms with Crippen LogP contribution in [0.5, 0.6) is 0 Å². The Labute approximate surface area is 155 Å². The van der Waals surface area contributed by atoms with E-state index in [2.05, 4.69) is 22.5 Å². The fourth-order valence-electron chi connectivity index (χ4n) is 3.01. The van der Waals surface area contributed by atoms with Crippen molar-refractivity contribution < 1.29 is 14.3 Å². The van der Waals surface area contributed by atoms with Crippen molar-refractivity contribution in [3.63, 3.8) is 0 Å². The molecule has 2 amide bonds. The number of esters is 1. The highest BCUT2D eigenvalue weighted by atomic mass is 16.5. The van der Waals surface area contributed by atoms with Crippen LogP contribution in [0.2, 0.25) is 0 Å². The first kappa shape index (κ1) is 20.0. The standard InChI is InChI=1S/C20H29N3O3/c1-3-26-19(24)12-9-17-7-10-18(11-8-17)22-20(25)21-13-15-23-14-5-4-6-16(23)2/h7-12,16H,3-6,13-15H2,1-2H3,(H2,21,22,25)/b12-9-/t16-/m1/s1. The Bertz CT molecular complexity index is 613. The van der Waals surface area contributed by atoms with Gasteiger partial charge in [0.1, 0.15) is 0 Å². The van der Waals surface area contributed by atoms with Gasteiger partial charge in [0.2, 0.25) is 0 Å². The number of nitrogens with zero attached hydrogens (tertiary/aromatic N) is 1. The minimum absolute atomic E-state index is 0.204. The number of carbonyl (C=O) groups is 2. The maximum atomic E-state index is 12.0. The molecule has 1 atom stereocenters. The van der Waals surface area contributed by atoms with E-state index in [4.69, 9.17) is 4.74 Å².